The second-order valence-corrected chi connectivity index (χ2v) is 5.11. The largest absolute Gasteiger partial charge is 0.314 e. The zero-order valence-corrected chi connectivity index (χ0v) is 10.6. The molecule has 1 spiro atoms. The van der Waals surface area contributed by atoms with Crippen molar-refractivity contribution >= 4 is 17.7 Å². The quantitative estimate of drug-likeness (QED) is 0.701. The summed E-state index contributed by atoms with van der Waals surface area (Å²) in [6.07, 6.45) is 4.10. The van der Waals surface area contributed by atoms with Gasteiger partial charge in [-0.3, -0.25) is 4.79 Å². The SMILES string of the molecule is CN1C(=O)[C@]2(C=Cc3ccccc32)c2ccccc21. The van der Waals surface area contributed by atoms with Gasteiger partial charge in [0, 0.05) is 12.7 Å². The monoisotopic (exact) mass is 247 g/mol. The molecule has 1 heterocycles. The van der Waals surface area contributed by atoms with Gasteiger partial charge in [-0.25, -0.2) is 0 Å². The summed E-state index contributed by atoms with van der Waals surface area (Å²) in [7, 11) is 1.85. The van der Waals surface area contributed by atoms with Crippen LogP contribution in [0.2, 0.25) is 0 Å². The fourth-order valence-corrected chi connectivity index (χ4v) is 3.32. The first kappa shape index (κ1) is 10.6. The molecule has 2 aromatic rings. The lowest BCUT2D eigenvalue weighted by Gasteiger charge is -2.22. The van der Waals surface area contributed by atoms with Crippen LogP contribution >= 0.6 is 0 Å². The Morgan fingerprint density at radius 3 is 2.47 bits per heavy atom. The second kappa shape index (κ2) is 3.35. The van der Waals surface area contributed by atoms with Gasteiger partial charge in [0.15, 0.2) is 0 Å². The Labute approximate surface area is 112 Å². The van der Waals surface area contributed by atoms with Crippen molar-refractivity contribution in [2.75, 3.05) is 11.9 Å². The Bertz CT molecular complexity index is 732. The Morgan fingerprint density at radius 2 is 1.63 bits per heavy atom. The van der Waals surface area contributed by atoms with Crippen LogP contribution in [0.3, 0.4) is 0 Å². The van der Waals surface area contributed by atoms with E-state index in [0.717, 1.165) is 22.4 Å². The minimum Gasteiger partial charge on any atom is -0.314 e. The second-order valence-electron chi connectivity index (χ2n) is 5.11. The van der Waals surface area contributed by atoms with E-state index in [0.29, 0.717) is 0 Å². The molecular formula is C17H13NO. The number of hydrogen-bond donors (Lipinski definition) is 0. The maximum Gasteiger partial charge on any atom is 0.245 e. The van der Waals surface area contributed by atoms with Crippen LogP contribution in [-0.2, 0) is 10.2 Å². The lowest BCUT2D eigenvalue weighted by atomic mass is 9.77. The number of hydrogen-bond acceptors (Lipinski definition) is 1. The highest BCUT2D eigenvalue weighted by Crippen LogP contribution is 2.50. The Kier molecular flexibility index (Phi) is 1.86. The summed E-state index contributed by atoms with van der Waals surface area (Å²) >= 11 is 0. The smallest absolute Gasteiger partial charge is 0.245 e. The molecule has 2 nitrogen and oxygen atoms in total. The number of fused-ring (bicyclic) bond motifs is 4. The number of para-hydroxylation sites is 1. The van der Waals surface area contributed by atoms with Crippen LogP contribution in [0.25, 0.3) is 6.08 Å². The average molecular weight is 247 g/mol. The van der Waals surface area contributed by atoms with Gasteiger partial charge < -0.3 is 4.90 Å². The van der Waals surface area contributed by atoms with Crippen LogP contribution in [0.5, 0.6) is 0 Å². The molecule has 2 aliphatic rings. The first-order valence-corrected chi connectivity index (χ1v) is 6.41. The third-order valence-corrected chi connectivity index (χ3v) is 4.23. The molecule has 2 aromatic carbocycles. The summed E-state index contributed by atoms with van der Waals surface area (Å²) in [6.45, 7) is 0. The van der Waals surface area contributed by atoms with Gasteiger partial charge in [-0.05, 0) is 22.8 Å². The third kappa shape index (κ3) is 1.09. The maximum atomic E-state index is 12.8. The minimum atomic E-state index is -0.609. The van der Waals surface area contributed by atoms with Gasteiger partial charge in [-0.2, -0.15) is 0 Å². The van der Waals surface area contributed by atoms with E-state index >= 15 is 0 Å². The molecule has 0 bridgehead atoms. The van der Waals surface area contributed by atoms with Gasteiger partial charge in [0.1, 0.15) is 5.41 Å². The zero-order valence-electron chi connectivity index (χ0n) is 10.6. The molecule has 19 heavy (non-hydrogen) atoms. The highest BCUT2D eigenvalue weighted by Gasteiger charge is 2.51. The van der Waals surface area contributed by atoms with Crippen molar-refractivity contribution < 1.29 is 4.79 Å². The number of carbonyl (C=O) groups is 1. The summed E-state index contributed by atoms with van der Waals surface area (Å²) in [4.78, 5) is 14.6. The highest BCUT2D eigenvalue weighted by molar-refractivity contribution is 6.13. The number of carbonyl (C=O) groups excluding carboxylic acids is 1. The van der Waals surface area contributed by atoms with E-state index in [9.17, 15) is 4.79 Å². The summed E-state index contributed by atoms with van der Waals surface area (Å²) in [6, 6.07) is 16.2. The normalized spacial score (nSPS) is 23.0. The molecule has 0 aromatic heterocycles. The van der Waals surface area contributed by atoms with Crippen molar-refractivity contribution in [3.05, 3.63) is 71.3 Å². The number of amides is 1. The molecule has 2 heteroatoms. The lowest BCUT2D eigenvalue weighted by molar-refractivity contribution is -0.120. The first-order valence-electron chi connectivity index (χ1n) is 6.41. The Morgan fingerprint density at radius 1 is 0.947 bits per heavy atom. The molecule has 1 amide bonds. The molecule has 0 N–H and O–H groups in total. The van der Waals surface area contributed by atoms with Crippen LogP contribution in [0, 0.1) is 0 Å². The molecule has 4 rings (SSSR count). The number of anilines is 1. The van der Waals surface area contributed by atoms with Gasteiger partial charge in [0.05, 0.1) is 0 Å². The average Bonchev–Trinajstić information content (AvgIpc) is 2.95. The van der Waals surface area contributed by atoms with E-state index in [1.807, 2.05) is 43.5 Å². The number of nitrogens with zero attached hydrogens (tertiary/aromatic N) is 1. The van der Waals surface area contributed by atoms with Gasteiger partial charge in [0.2, 0.25) is 5.91 Å². The summed E-state index contributed by atoms with van der Waals surface area (Å²) in [5.41, 5.74) is 3.72. The first-order chi connectivity index (χ1) is 9.25. The molecular weight excluding hydrogens is 234 g/mol. The lowest BCUT2D eigenvalue weighted by Crippen LogP contribution is -2.37. The van der Waals surface area contributed by atoms with Gasteiger partial charge in [-0.15, -0.1) is 0 Å². The van der Waals surface area contributed by atoms with Crippen LogP contribution in [0.1, 0.15) is 16.7 Å². The Balaban J connectivity index is 2.09. The number of benzene rings is 2. The predicted molar refractivity (Wildman–Crippen MR) is 76.1 cm³/mol. The van der Waals surface area contributed by atoms with Crippen LogP contribution in [0.15, 0.2) is 54.6 Å². The summed E-state index contributed by atoms with van der Waals surface area (Å²) in [5.74, 6) is 0.134. The molecule has 0 saturated heterocycles. The van der Waals surface area contributed by atoms with Crippen LogP contribution < -0.4 is 4.90 Å². The topological polar surface area (TPSA) is 20.3 Å². The van der Waals surface area contributed by atoms with E-state index < -0.39 is 5.41 Å². The van der Waals surface area contributed by atoms with E-state index in [1.165, 1.54) is 0 Å². The van der Waals surface area contributed by atoms with Crippen molar-refractivity contribution in [3.8, 4) is 0 Å². The molecule has 0 unspecified atom stereocenters. The van der Waals surface area contributed by atoms with Crippen molar-refractivity contribution in [3.63, 3.8) is 0 Å². The van der Waals surface area contributed by atoms with Crippen LogP contribution in [-0.4, -0.2) is 13.0 Å². The standard InChI is InChI=1S/C17H13NO/c1-18-15-9-5-4-8-14(15)17(16(18)19)11-10-12-6-2-3-7-13(12)17/h2-11H,1H3/t17-/m0/s1. The minimum absolute atomic E-state index is 0.134. The fraction of sp³-hybridized carbons (Fsp3) is 0.118. The summed E-state index contributed by atoms with van der Waals surface area (Å²) in [5, 5.41) is 0. The van der Waals surface area contributed by atoms with E-state index in [1.54, 1.807) is 4.90 Å². The molecule has 0 saturated carbocycles. The molecule has 0 fully saturated rings. The van der Waals surface area contributed by atoms with E-state index in [-0.39, 0.29) is 5.91 Å². The van der Waals surface area contributed by atoms with Crippen LogP contribution in [0.4, 0.5) is 5.69 Å². The number of rotatable bonds is 0. The van der Waals surface area contributed by atoms with Gasteiger partial charge in [0.25, 0.3) is 0 Å². The van der Waals surface area contributed by atoms with Gasteiger partial charge in [-0.1, -0.05) is 54.6 Å². The molecule has 1 aliphatic carbocycles. The fourth-order valence-electron chi connectivity index (χ4n) is 3.32. The van der Waals surface area contributed by atoms with Crippen molar-refractivity contribution in [1.29, 1.82) is 0 Å². The molecule has 92 valence electrons. The third-order valence-electron chi connectivity index (χ3n) is 4.23. The zero-order chi connectivity index (χ0) is 13.0. The molecule has 1 aliphatic heterocycles. The van der Waals surface area contributed by atoms with Crippen molar-refractivity contribution in [2.45, 2.75) is 5.41 Å². The van der Waals surface area contributed by atoms with Gasteiger partial charge >= 0.3 is 0 Å². The predicted octanol–water partition coefficient (Wildman–Crippen LogP) is 2.98. The molecule has 1 atom stereocenters. The molecule has 0 radical (unpaired) electrons. The summed E-state index contributed by atoms with van der Waals surface area (Å²) < 4.78 is 0. The number of likely N-dealkylation sites (N-methyl/N-ethyl adjacent to an activating group) is 1. The van der Waals surface area contributed by atoms with Crippen molar-refractivity contribution in [2.24, 2.45) is 0 Å². The van der Waals surface area contributed by atoms with E-state index in [2.05, 4.69) is 24.3 Å². The highest BCUT2D eigenvalue weighted by atomic mass is 16.2. The van der Waals surface area contributed by atoms with Crippen molar-refractivity contribution in [1.82, 2.24) is 0 Å². The van der Waals surface area contributed by atoms with E-state index in [4.69, 9.17) is 0 Å². The Hall–Kier alpha value is -2.35. The maximum absolute atomic E-state index is 12.8.